The van der Waals surface area contributed by atoms with E-state index in [1.807, 2.05) is 54.6 Å². The molecule has 0 spiro atoms. The number of fused-ring (bicyclic) bond motifs is 7. The van der Waals surface area contributed by atoms with Crippen molar-refractivity contribution in [3.63, 3.8) is 0 Å². The van der Waals surface area contributed by atoms with E-state index < -0.39 is 5.66 Å². The van der Waals surface area contributed by atoms with Crippen LogP contribution in [-0.4, -0.2) is 5.71 Å². The summed E-state index contributed by atoms with van der Waals surface area (Å²) in [6.45, 7) is 11.3. The number of nitrogens with zero attached hydrogens (tertiary/aromatic N) is 3. The number of hydrogen-bond donors (Lipinski definition) is 1. The molecule has 10 rings (SSSR count). The summed E-state index contributed by atoms with van der Waals surface area (Å²) in [5.41, 5.74) is 19.1. The van der Waals surface area contributed by atoms with Crippen molar-refractivity contribution in [1.29, 1.82) is 10.5 Å². The number of benzene rings is 6. The summed E-state index contributed by atoms with van der Waals surface area (Å²) in [4.78, 5) is 5.52. The summed E-state index contributed by atoms with van der Waals surface area (Å²) in [7, 11) is 0. The molecular formula is C53H38N4. The largest absolute Gasteiger partial charge is 0.357 e. The lowest BCUT2D eigenvalue weighted by Gasteiger charge is -2.37. The molecule has 7 aromatic rings. The number of aliphatic imine (C=N–C) groups is 1. The summed E-state index contributed by atoms with van der Waals surface area (Å²) in [5, 5.41) is 23.3. The van der Waals surface area contributed by atoms with Gasteiger partial charge in [0.25, 0.3) is 0 Å². The Kier molecular flexibility index (Phi) is 7.32. The molecule has 7 aromatic carbocycles. The first-order valence-electron chi connectivity index (χ1n) is 19.4. The van der Waals surface area contributed by atoms with Crippen LogP contribution in [0, 0.1) is 34.8 Å². The third-order valence-electron chi connectivity index (χ3n) is 12.6. The smallest absolute Gasteiger partial charge is 0.153 e. The van der Waals surface area contributed by atoms with Crippen LogP contribution >= 0.6 is 0 Å². The second kappa shape index (κ2) is 12.2. The second-order valence-corrected chi connectivity index (χ2v) is 16.7. The van der Waals surface area contributed by atoms with Crippen LogP contribution in [0.3, 0.4) is 0 Å². The number of nitrogens with one attached hydrogen (secondary N) is 1. The molecule has 0 amide bonds. The normalized spacial score (nSPS) is 17.3. The highest BCUT2D eigenvalue weighted by molar-refractivity contribution is 6.19. The van der Waals surface area contributed by atoms with E-state index in [2.05, 4.69) is 143 Å². The van der Waals surface area contributed by atoms with E-state index in [-0.39, 0.29) is 10.8 Å². The predicted octanol–water partition coefficient (Wildman–Crippen LogP) is 12.1. The zero-order valence-corrected chi connectivity index (χ0v) is 32.5. The number of nitriles is 2. The monoisotopic (exact) mass is 730 g/mol. The van der Waals surface area contributed by atoms with Crippen LogP contribution in [0.5, 0.6) is 0 Å². The lowest BCUT2D eigenvalue weighted by Crippen LogP contribution is -2.36. The van der Waals surface area contributed by atoms with Crippen LogP contribution in [0.1, 0.15) is 84.7 Å². The van der Waals surface area contributed by atoms with Crippen LogP contribution in [0.2, 0.25) is 0 Å². The van der Waals surface area contributed by atoms with Crippen molar-refractivity contribution in [2.45, 2.75) is 51.1 Å². The Balaban J connectivity index is 1.23. The number of rotatable bonds is 4. The Morgan fingerprint density at radius 1 is 0.526 bits per heavy atom. The lowest BCUT2D eigenvalue weighted by molar-refractivity contribution is 0.572. The third-order valence-corrected chi connectivity index (χ3v) is 12.6. The van der Waals surface area contributed by atoms with Crippen molar-refractivity contribution in [2.24, 2.45) is 4.99 Å². The first-order valence-corrected chi connectivity index (χ1v) is 19.4. The maximum absolute atomic E-state index is 9.70. The minimum atomic E-state index is -0.871. The van der Waals surface area contributed by atoms with Gasteiger partial charge in [-0.15, -0.1) is 0 Å². The summed E-state index contributed by atoms with van der Waals surface area (Å²) < 4.78 is 0. The van der Waals surface area contributed by atoms with Crippen LogP contribution in [-0.2, 0) is 16.5 Å². The van der Waals surface area contributed by atoms with Crippen LogP contribution in [0.4, 0.5) is 5.69 Å². The molecule has 1 N–H and O–H groups in total. The van der Waals surface area contributed by atoms with Crippen LogP contribution in [0.15, 0.2) is 138 Å². The fourth-order valence-corrected chi connectivity index (χ4v) is 9.44. The minimum Gasteiger partial charge on any atom is -0.357 e. The zero-order chi connectivity index (χ0) is 39.3. The molecule has 3 aliphatic rings. The Morgan fingerprint density at radius 2 is 1.12 bits per heavy atom. The van der Waals surface area contributed by atoms with Crippen LogP contribution < -0.4 is 5.32 Å². The molecule has 1 unspecified atom stereocenters. The van der Waals surface area contributed by atoms with Gasteiger partial charge in [0.05, 0.1) is 34.7 Å². The van der Waals surface area contributed by atoms with E-state index in [4.69, 9.17) is 4.99 Å². The van der Waals surface area contributed by atoms with Crippen molar-refractivity contribution in [3.05, 3.63) is 196 Å². The van der Waals surface area contributed by atoms with Gasteiger partial charge in [-0.05, 0) is 129 Å². The van der Waals surface area contributed by atoms with Gasteiger partial charge < -0.3 is 5.32 Å². The topological polar surface area (TPSA) is 72.0 Å². The summed E-state index contributed by atoms with van der Waals surface area (Å²) in [6.07, 6.45) is 0. The number of hydrogen-bond acceptors (Lipinski definition) is 4. The molecule has 1 aliphatic heterocycles. The molecule has 2 aliphatic carbocycles. The molecule has 270 valence electrons. The zero-order valence-electron chi connectivity index (χ0n) is 32.5. The predicted molar refractivity (Wildman–Crippen MR) is 229 cm³/mol. The van der Waals surface area contributed by atoms with Gasteiger partial charge >= 0.3 is 0 Å². The summed E-state index contributed by atoms with van der Waals surface area (Å²) in [5.74, 6) is 0. The van der Waals surface area contributed by atoms with Gasteiger partial charge in [-0.3, -0.25) is 4.99 Å². The Bertz CT molecular complexity index is 2950. The molecule has 0 aromatic heterocycles. The van der Waals surface area contributed by atoms with Crippen LogP contribution in [0.25, 0.3) is 44.5 Å². The van der Waals surface area contributed by atoms with Crippen molar-refractivity contribution in [1.82, 2.24) is 0 Å². The van der Waals surface area contributed by atoms with E-state index in [0.29, 0.717) is 11.1 Å². The highest BCUT2D eigenvalue weighted by Crippen LogP contribution is 2.52. The van der Waals surface area contributed by atoms with E-state index >= 15 is 0 Å². The van der Waals surface area contributed by atoms with Gasteiger partial charge in [0.2, 0.25) is 0 Å². The highest BCUT2D eigenvalue weighted by Gasteiger charge is 2.39. The molecule has 4 nitrogen and oxygen atoms in total. The van der Waals surface area contributed by atoms with Gasteiger partial charge in [0.15, 0.2) is 5.66 Å². The van der Waals surface area contributed by atoms with Gasteiger partial charge in [0, 0.05) is 33.1 Å². The standard InChI is InChI=1S/C53H38N4/c1-51(2)45-12-8-6-10-39(45)41-24-20-35(28-47(41)51)37-26-43(36-21-25-42-40-11-7-9-13-46(40)52(3,4)48(42)29-36)50-44(27-37)49(34-18-14-32(30-54)15-19-34)56-53(5,57-50)38-22-16-33(31-55)17-23-38/h7-9,11-29,57H,1-5H3. The first kappa shape index (κ1) is 34.3. The summed E-state index contributed by atoms with van der Waals surface area (Å²) in [6, 6.07) is 57.8. The average molecular weight is 731 g/mol. The second-order valence-electron chi connectivity index (χ2n) is 16.7. The SMILES string of the molecule is CC1(c2ccc(C#N)cc2)N=C(c2ccc(C#N)cc2)c2cc(-c3ccc4c(c3)C(C)(C)c3ccc#cc3-4)cc(-c3ccc4c(c3)C(C)(C)c3ccccc3-4)c2N1. The van der Waals surface area contributed by atoms with E-state index in [9.17, 15) is 10.5 Å². The molecule has 1 heterocycles. The van der Waals surface area contributed by atoms with E-state index in [1.165, 1.54) is 38.9 Å². The van der Waals surface area contributed by atoms with E-state index in [1.54, 1.807) is 0 Å². The molecule has 0 fully saturated rings. The molecule has 0 saturated heterocycles. The quantitative estimate of drug-likeness (QED) is 0.196. The maximum Gasteiger partial charge on any atom is 0.153 e. The molecule has 0 radical (unpaired) electrons. The van der Waals surface area contributed by atoms with Crippen molar-refractivity contribution < 1.29 is 0 Å². The average Bonchev–Trinajstić information content (AvgIpc) is 3.62. The molecule has 4 heteroatoms. The van der Waals surface area contributed by atoms with Crippen molar-refractivity contribution >= 4 is 11.4 Å². The fraction of sp³-hybridized carbons (Fsp3) is 0.151. The van der Waals surface area contributed by atoms with Gasteiger partial charge in [0.1, 0.15) is 0 Å². The Hall–Kier alpha value is -7.19. The molecule has 0 bridgehead atoms. The first-order chi connectivity index (χ1) is 27.5. The summed E-state index contributed by atoms with van der Waals surface area (Å²) >= 11 is 0. The number of anilines is 1. The minimum absolute atomic E-state index is 0.172. The van der Waals surface area contributed by atoms with E-state index in [0.717, 1.165) is 55.9 Å². The third kappa shape index (κ3) is 5.10. The molecule has 1 atom stereocenters. The van der Waals surface area contributed by atoms with Gasteiger partial charge in [-0.25, -0.2) is 0 Å². The highest BCUT2D eigenvalue weighted by atomic mass is 15.2. The van der Waals surface area contributed by atoms with Crippen molar-refractivity contribution in [3.8, 4) is 56.6 Å². The van der Waals surface area contributed by atoms with Crippen molar-refractivity contribution in [2.75, 3.05) is 5.32 Å². The maximum atomic E-state index is 9.70. The Labute approximate surface area is 334 Å². The molecule has 57 heavy (non-hydrogen) atoms. The molecular weight excluding hydrogens is 693 g/mol. The fourth-order valence-electron chi connectivity index (χ4n) is 9.44. The Morgan fingerprint density at radius 3 is 1.88 bits per heavy atom. The lowest BCUT2D eigenvalue weighted by atomic mass is 9.80. The van der Waals surface area contributed by atoms with Gasteiger partial charge in [-0.1, -0.05) is 113 Å². The molecule has 0 saturated carbocycles. The van der Waals surface area contributed by atoms with Gasteiger partial charge in [-0.2, -0.15) is 10.5 Å².